The van der Waals surface area contributed by atoms with Crippen molar-refractivity contribution in [2.75, 3.05) is 6.54 Å². The maximum absolute atomic E-state index is 3.69. The van der Waals surface area contributed by atoms with Gasteiger partial charge in [-0.15, -0.1) is 11.3 Å². The Bertz CT molecular complexity index is 294. The van der Waals surface area contributed by atoms with Crippen molar-refractivity contribution < 1.29 is 0 Å². The lowest BCUT2D eigenvalue weighted by atomic mass is 9.82. The molecule has 0 aromatic carbocycles. The molecule has 0 spiro atoms. The normalized spacial score (nSPS) is 27.9. The van der Waals surface area contributed by atoms with Gasteiger partial charge in [0.15, 0.2) is 0 Å². The molecule has 1 aliphatic rings. The third kappa shape index (κ3) is 3.33. The standard InChI is InChI=1S/C14H23NS/c1-11-5-3-6-13(9-11)10-15-12(2)14-7-4-8-16-14/h4,7-8,11-13,15H,3,5-6,9-10H2,1-2H3/t11?,12-,13?/m1/s1. The summed E-state index contributed by atoms with van der Waals surface area (Å²) in [7, 11) is 0. The summed E-state index contributed by atoms with van der Waals surface area (Å²) in [5.74, 6) is 1.85. The number of nitrogens with one attached hydrogen (secondary N) is 1. The van der Waals surface area contributed by atoms with Crippen LogP contribution in [0.1, 0.15) is 50.4 Å². The molecule has 1 aromatic rings. The van der Waals surface area contributed by atoms with E-state index in [1.165, 1.54) is 37.1 Å². The molecular weight excluding hydrogens is 214 g/mol. The van der Waals surface area contributed by atoms with E-state index in [-0.39, 0.29) is 0 Å². The zero-order chi connectivity index (χ0) is 11.4. The summed E-state index contributed by atoms with van der Waals surface area (Å²) in [6, 6.07) is 4.89. The Kier molecular flexibility index (Phi) is 4.42. The molecule has 0 aliphatic heterocycles. The van der Waals surface area contributed by atoms with E-state index in [1.54, 1.807) is 0 Å². The molecule has 90 valence electrons. The molecule has 2 unspecified atom stereocenters. The first-order valence-electron chi connectivity index (χ1n) is 6.52. The van der Waals surface area contributed by atoms with Crippen molar-refractivity contribution in [1.82, 2.24) is 5.32 Å². The predicted octanol–water partition coefficient (Wildman–Crippen LogP) is 4.23. The van der Waals surface area contributed by atoms with E-state index in [0.717, 1.165) is 11.8 Å². The van der Waals surface area contributed by atoms with Crippen molar-refractivity contribution in [2.24, 2.45) is 11.8 Å². The predicted molar refractivity (Wildman–Crippen MR) is 71.9 cm³/mol. The topological polar surface area (TPSA) is 12.0 Å². The highest BCUT2D eigenvalue weighted by atomic mass is 32.1. The molecule has 1 saturated carbocycles. The van der Waals surface area contributed by atoms with Gasteiger partial charge in [0, 0.05) is 10.9 Å². The summed E-state index contributed by atoms with van der Waals surface area (Å²) < 4.78 is 0. The Hall–Kier alpha value is -0.340. The van der Waals surface area contributed by atoms with Crippen LogP contribution in [0.5, 0.6) is 0 Å². The van der Waals surface area contributed by atoms with Crippen LogP contribution >= 0.6 is 11.3 Å². The second-order valence-electron chi connectivity index (χ2n) is 5.28. The number of thiophene rings is 1. The molecule has 0 bridgehead atoms. The highest BCUT2D eigenvalue weighted by Crippen LogP contribution is 2.28. The van der Waals surface area contributed by atoms with E-state index >= 15 is 0 Å². The first-order chi connectivity index (χ1) is 7.75. The lowest BCUT2D eigenvalue weighted by Gasteiger charge is -2.28. The molecule has 2 rings (SSSR count). The highest BCUT2D eigenvalue weighted by Gasteiger charge is 2.19. The second-order valence-corrected chi connectivity index (χ2v) is 6.26. The van der Waals surface area contributed by atoms with E-state index in [0.29, 0.717) is 6.04 Å². The monoisotopic (exact) mass is 237 g/mol. The van der Waals surface area contributed by atoms with Crippen LogP contribution in [0.3, 0.4) is 0 Å². The fraction of sp³-hybridized carbons (Fsp3) is 0.714. The van der Waals surface area contributed by atoms with E-state index < -0.39 is 0 Å². The maximum Gasteiger partial charge on any atom is 0.0386 e. The number of hydrogen-bond donors (Lipinski definition) is 1. The average Bonchev–Trinajstić information content (AvgIpc) is 2.79. The molecule has 1 heterocycles. The average molecular weight is 237 g/mol. The number of rotatable bonds is 4. The lowest BCUT2D eigenvalue weighted by molar-refractivity contribution is 0.269. The largest absolute Gasteiger partial charge is 0.309 e. The van der Waals surface area contributed by atoms with Crippen molar-refractivity contribution in [1.29, 1.82) is 0 Å². The SMILES string of the molecule is CC1CCCC(CN[C@H](C)c2cccs2)C1. The Balaban J connectivity index is 1.74. The molecule has 1 aromatic heterocycles. The maximum atomic E-state index is 3.69. The molecule has 1 aliphatic carbocycles. The summed E-state index contributed by atoms with van der Waals surface area (Å²) in [5.41, 5.74) is 0. The summed E-state index contributed by atoms with van der Waals surface area (Å²) in [6.45, 7) is 5.87. The van der Waals surface area contributed by atoms with Gasteiger partial charge in [-0.2, -0.15) is 0 Å². The first kappa shape index (κ1) is 12.1. The van der Waals surface area contributed by atoms with Gasteiger partial charge in [0.2, 0.25) is 0 Å². The van der Waals surface area contributed by atoms with Gasteiger partial charge < -0.3 is 5.32 Å². The smallest absolute Gasteiger partial charge is 0.0386 e. The Morgan fingerprint density at radius 1 is 1.50 bits per heavy atom. The van der Waals surface area contributed by atoms with E-state index in [1.807, 2.05) is 11.3 Å². The van der Waals surface area contributed by atoms with Crippen LogP contribution in [-0.2, 0) is 0 Å². The zero-order valence-electron chi connectivity index (χ0n) is 10.4. The van der Waals surface area contributed by atoms with Crippen molar-refractivity contribution in [3.05, 3.63) is 22.4 Å². The van der Waals surface area contributed by atoms with Crippen LogP contribution in [0.4, 0.5) is 0 Å². The van der Waals surface area contributed by atoms with Crippen LogP contribution in [0.15, 0.2) is 17.5 Å². The third-order valence-electron chi connectivity index (χ3n) is 3.73. The second kappa shape index (κ2) is 5.83. The molecular formula is C14H23NS. The van der Waals surface area contributed by atoms with Crippen LogP contribution in [0, 0.1) is 11.8 Å². The van der Waals surface area contributed by atoms with Gasteiger partial charge in [-0.1, -0.05) is 25.8 Å². The molecule has 0 amide bonds. The van der Waals surface area contributed by atoms with Crippen LogP contribution < -0.4 is 5.32 Å². The quantitative estimate of drug-likeness (QED) is 0.826. The molecule has 3 atom stereocenters. The number of hydrogen-bond acceptors (Lipinski definition) is 2. The Labute approximate surface area is 103 Å². The van der Waals surface area contributed by atoms with Gasteiger partial charge >= 0.3 is 0 Å². The summed E-state index contributed by atoms with van der Waals surface area (Å²) in [4.78, 5) is 1.46. The van der Waals surface area contributed by atoms with Gasteiger partial charge in [0.05, 0.1) is 0 Å². The van der Waals surface area contributed by atoms with E-state index in [4.69, 9.17) is 0 Å². The molecule has 0 saturated heterocycles. The molecule has 0 radical (unpaired) electrons. The van der Waals surface area contributed by atoms with Crippen molar-refractivity contribution in [3.8, 4) is 0 Å². The summed E-state index contributed by atoms with van der Waals surface area (Å²) in [6.07, 6.45) is 5.72. The van der Waals surface area contributed by atoms with Gasteiger partial charge in [-0.3, -0.25) is 0 Å². The van der Waals surface area contributed by atoms with Crippen LogP contribution in [0.25, 0.3) is 0 Å². The fourth-order valence-corrected chi connectivity index (χ4v) is 3.49. The van der Waals surface area contributed by atoms with Gasteiger partial charge in [0.1, 0.15) is 0 Å². The van der Waals surface area contributed by atoms with Gasteiger partial charge in [-0.25, -0.2) is 0 Å². The Morgan fingerprint density at radius 3 is 3.06 bits per heavy atom. The van der Waals surface area contributed by atoms with Crippen LogP contribution in [0.2, 0.25) is 0 Å². The molecule has 1 nitrogen and oxygen atoms in total. The van der Waals surface area contributed by atoms with Gasteiger partial charge in [-0.05, 0) is 49.6 Å². The fourth-order valence-electron chi connectivity index (χ4n) is 2.73. The van der Waals surface area contributed by atoms with E-state index in [2.05, 4.69) is 36.7 Å². The van der Waals surface area contributed by atoms with Crippen molar-refractivity contribution in [2.45, 2.75) is 45.6 Å². The Morgan fingerprint density at radius 2 is 2.38 bits per heavy atom. The minimum atomic E-state index is 0.525. The minimum Gasteiger partial charge on any atom is -0.309 e. The van der Waals surface area contributed by atoms with Crippen LogP contribution in [-0.4, -0.2) is 6.54 Å². The van der Waals surface area contributed by atoms with Gasteiger partial charge in [0.25, 0.3) is 0 Å². The highest BCUT2D eigenvalue weighted by molar-refractivity contribution is 7.10. The van der Waals surface area contributed by atoms with E-state index in [9.17, 15) is 0 Å². The third-order valence-corrected chi connectivity index (χ3v) is 4.78. The molecule has 16 heavy (non-hydrogen) atoms. The van der Waals surface area contributed by atoms with Crippen molar-refractivity contribution >= 4 is 11.3 Å². The first-order valence-corrected chi connectivity index (χ1v) is 7.40. The van der Waals surface area contributed by atoms with Crippen molar-refractivity contribution in [3.63, 3.8) is 0 Å². The molecule has 1 N–H and O–H groups in total. The summed E-state index contributed by atoms with van der Waals surface area (Å²) in [5, 5.41) is 5.85. The summed E-state index contributed by atoms with van der Waals surface area (Å²) >= 11 is 1.86. The molecule has 1 fully saturated rings. The minimum absolute atomic E-state index is 0.525. The lowest BCUT2D eigenvalue weighted by Crippen LogP contribution is -2.28. The zero-order valence-corrected chi connectivity index (χ0v) is 11.2. The molecule has 2 heteroatoms.